The Balaban J connectivity index is 1.80. The summed E-state index contributed by atoms with van der Waals surface area (Å²) in [4.78, 5) is 11.9. The van der Waals surface area contributed by atoms with Crippen molar-refractivity contribution in [3.05, 3.63) is 59.0 Å². The van der Waals surface area contributed by atoms with Crippen LogP contribution in [0.3, 0.4) is 0 Å². The van der Waals surface area contributed by atoms with Crippen LogP contribution in [-0.4, -0.2) is 26.6 Å². The summed E-state index contributed by atoms with van der Waals surface area (Å²) < 4.78 is 31.0. The van der Waals surface area contributed by atoms with Gasteiger partial charge in [-0.3, -0.25) is 4.79 Å². The second-order valence-corrected chi connectivity index (χ2v) is 6.79. The second kappa shape index (κ2) is 7.44. The Morgan fingerprint density at radius 2 is 1.95 bits per heavy atom. The van der Waals surface area contributed by atoms with E-state index in [0.717, 1.165) is 0 Å². The molecule has 2 N–H and O–H groups in total. The molecular weight excluding hydrogens is 328 g/mol. The van der Waals surface area contributed by atoms with E-state index in [9.17, 15) is 13.2 Å². The zero-order valence-corrected chi connectivity index (χ0v) is 13.2. The van der Waals surface area contributed by atoms with Gasteiger partial charge < -0.3 is 9.73 Å². The van der Waals surface area contributed by atoms with Crippen molar-refractivity contribution in [2.75, 3.05) is 12.3 Å². The van der Waals surface area contributed by atoms with Crippen LogP contribution in [0.1, 0.15) is 16.1 Å². The molecule has 1 aromatic heterocycles. The van der Waals surface area contributed by atoms with Crippen LogP contribution in [0, 0.1) is 0 Å². The van der Waals surface area contributed by atoms with E-state index in [2.05, 4.69) is 10.0 Å². The fraction of sp³-hybridized carbons (Fsp3) is 0.214. The quantitative estimate of drug-likeness (QED) is 0.802. The van der Waals surface area contributed by atoms with Gasteiger partial charge in [0, 0.05) is 6.54 Å². The fourth-order valence-corrected chi connectivity index (χ4v) is 2.80. The van der Waals surface area contributed by atoms with Gasteiger partial charge in [0.2, 0.25) is 10.0 Å². The molecule has 1 heterocycles. The predicted octanol–water partition coefficient (Wildman–Crippen LogP) is 1.78. The fourth-order valence-electron chi connectivity index (χ4n) is 1.71. The number of hydrogen-bond donors (Lipinski definition) is 2. The average Bonchev–Trinajstić information content (AvgIpc) is 2.99. The lowest BCUT2D eigenvalue weighted by Crippen LogP contribution is -2.34. The third kappa shape index (κ3) is 4.87. The van der Waals surface area contributed by atoms with Gasteiger partial charge >= 0.3 is 0 Å². The molecule has 1 amide bonds. The molecule has 118 valence electrons. The lowest BCUT2D eigenvalue weighted by Gasteiger charge is -2.08. The molecule has 0 radical (unpaired) electrons. The van der Waals surface area contributed by atoms with Gasteiger partial charge in [-0.15, -0.1) is 0 Å². The largest absolute Gasteiger partial charge is 0.468 e. The van der Waals surface area contributed by atoms with Crippen molar-refractivity contribution in [3.8, 4) is 0 Å². The number of carbonyl (C=O) groups excluding carboxylic acids is 1. The van der Waals surface area contributed by atoms with E-state index in [-0.39, 0.29) is 18.8 Å². The molecule has 0 fully saturated rings. The lowest BCUT2D eigenvalue weighted by atomic mass is 10.2. The predicted molar refractivity (Wildman–Crippen MR) is 83.1 cm³/mol. The van der Waals surface area contributed by atoms with Gasteiger partial charge in [-0.05, 0) is 24.3 Å². The molecule has 0 atom stereocenters. The summed E-state index contributed by atoms with van der Waals surface area (Å²) in [7, 11) is -3.50. The number of sulfonamides is 1. The second-order valence-electron chi connectivity index (χ2n) is 4.46. The van der Waals surface area contributed by atoms with Crippen LogP contribution in [0.5, 0.6) is 0 Å². The summed E-state index contributed by atoms with van der Waals surface area (Å²) in [6.07, 6.45) is 1.47. The summed E-state index contributed by atoms with van der Waals surface area (Å²) >= 11 is 5.89. The van der Waals surface area contributed by atoms with Crippen molar-refractivity contribution < 1.29 is 17.6 Å². The van der Waals surface area contributed by atoms with Crippen molar-refractivity contribution in [1.29, 1.82) is 0 Å². The first-order valence-electron chi connectivity index (χ1n) is 6.50. The molecule has 0 bridgehead atoms. The van der Waals surface area contributed by atoms with Crippen LogP contribution < -0.4 is 10.0 Å². The van der Waals surface area contributed by atoms with Gasteiger partial charge in [-0.2, -0.15) is 0 Å². The molecular formula is C14H15ClN2O4S. The number of halogens is 1. The Bertz CT molecular complexity index is 729. The Kier molecular flexibility index (Phi) is 5.59. The minimum atomic E-state index is -3.50. The maximum Gasteiger partial charge on any atom is 0.252 e. The highest BCUT2D eigenvalue weighted by Crippen LogP contribution is 2.14. The number of rotatable bonds is 7. The number of carbonyl (C=O) groups is 1. The molecule has 0 aliphatic heterocycles. The van der Waals surface area contributed by atoms with Crippen molar-refractivity contribution in [1.82, 2.24) is 10.0 Å². The topological polar surface area (TPSA) is 88.4 Å². The van der Waals surface area contributed by atoms with E-state index in [4.69, 9.17) is 16.0 Å². The standard InChI is InChI=1S/C14H15ClN2O4S/c15-13-6-2-1-5-12(13)14(18)16-7-9-22(19,20)17-10-11-4-3-8-21-11/h1-6,8,17H,7,9-10H2,(H,16,18). The molecule has 22 heavy (non-hydrogen) atoms. The van der Waals surface area contributed by atoms with Gasteiger partial charge in [0.15, 0.2) is 0 Å². The van der Waals surface area contributed by atoms with Crippen LogP contribution in [0.2, 0.25) is 5.02 Å². The third-order valence-corrected chi connectivity index (χ3v) is 4.48. The number of benzene rings is 1. The van der Waals surface area contributed by atoms with Crippen LogP contribution in [-0.2, 0) is 16.6 Å². The van der Waals surface area contributed by atoms with Crippen molar-refractivity contribution in [2.24, 2.45) is 0 Å². The lowest BCUT2D eigenvalue weighted by molar-refractivity contribution is 0.0956. The van der Waals surface area contributed by atoms with Crippen LogP contribution in [0.25, 0.3) is 0 Å². The zero-order chi connectivity index (χ0) is 16.0. The molecule has 1 aromatic carbocycles. The minimum absolute atomic E-state index is 0.0163. The average molecular weight is 343 g/mol. The highest BCUT2D eigenvalue weighted by atomic mass is 35.5. The first kappa shape index (κ1) is 16.5. The number of hydrogen-bond acceptors (Lipinski definition) is 4. The first-order chi connectivity index (χ1) is 10.5. The van der Waals surface area contributed by atoms with Gasteiger partial charge in [-0.25, -0.2) is 13.1 Å². The van der Waals surface area contributed by atoms with E-state index in [1.54, 1.807) is 36.4 Å². The summed E-state index contributed by atoms with van der Waals surface area (Å²) in [5, 5.41) is 2.84. The van der Waals surface area contributed by atoms with E-state index < -0.39 is 15.9 Å². The van der Waals surface area contributed by atoms with E-state index >= 15 is 0 Å². The third-order valence-electron chi connectivity index (χ3n) is 2.82. The van der Waals surface area contributed by atoms with Gasteiger partial charge in [-0.1, -0.05) is 23.7 Å². The highest BCUT2D eigenvalue weighted by Gasteiger charge is 2.13. The monoisotopic (exact) mass is 342 g/mol. The van der Waals surface area contributed by atoms with Gasteiger partial charge in [0.25, 0.3) is 5.91 Å². The van der Waals surface area contributed by atoms with Crippen LogP contribution >= 0.6 is 11.6 Å². The maximum atomic E-state index is 11.9. The van der Waals surface area contributed by atoms with Crippen molar-refractivity contribution in [2.45, 2.75) is 6.54 Å². The summed E-state index contributed by atoms with van der Waals surface area (Å²) in [5.41, 5.74) is 0.310. The first-order valence-corrected chi connectivity index (χ1v) is 8.53. The molecule has 0 saturated heterocycles. The Morgan fingerprint density at radius 1 is 1.18 bits per heavy atom. The van der Waals surface area contributed by atoms with Crippen molar-refractivity contribution in [3.63, 3.8) is 0 Å². The van der Waals surface area contributed by atoms with E-state index in [1.165, 1.54) is 6.26 Å². The van der Waals surface area contributed by atoms with Gasteiger partial charge in [0.1, 0.15) is 5.76 Å². The highest BCUT2D eigenvalue weighted by molar-refractivity contribution is 7.89. The molecule has 6 nitrogen and oxygen atoms in total. The molecule has 0 spiro atoms. The normalized spacial score (nSPS) is 11.3. The number of furan rings is 1. The SMILES string of the molecule is O=C(NCCS(=O)(=O)NCc1ccco1)c1ccccc1Cl. The Labute approximate surface area is 133 Å². The molecule has 2 aromatic rings. The van der Waals surface area contributed by atoms with E-state index in [0.29, 0.717) is 16.3 Å². The molecule has 0 unspecified atom stereocenters. The molecule has 8 heteroatoms. The molecule has 0 saturated carbocycles. The summed E-state index contributed by atoms with van der Waals surface area (Å²) in [6, 6.07) is 9.90. The van der Waals surface area contributed by atoms with Crippen molar-refractivity contribution >= 4 is 27.5 Å². The Morgan fingerprint density at radius 3 is 2.64 bits per heavy atom. The molecule has 0 aliphatic carbocycles. The van der Waals surface area contributed by atoms with Gasteiger partial charge in [0.05, 0.1) is 29.1 Å². The summed E-state index contributed by atoms with van der Waals surface area (Å²) in [5.74, 6) is -0.125. The van der Waals surface area contributed by atoms with Crippen LogP contribution in [0.4, 0.5) is 0 Å². The maximum absolute atomic E-state index is 11.9. The minimum Gasteiger partial charge on any atom is -0.468 e. The Hall–Kier alpha value is -1.83. The smallest absolute Gasteiger partial charge is 0.252 e. The molecule has 2 rings (SSSR count). The number of nitrogens with one attached hydrogen (secondary N) is 2. The number of amides is 1. The van der Waals surface area contributed by atoms with E-state index in [1.807, 2.05) is 0 Å². The summed E-state index contributed by atoms with van der Waals surface area (Å²) in [6.45, 7) is 0.0609. The van der Waals surface area contributed by atoms with Crippen LogP contribution in [0.15, 0.2) is 47.1 Å². The zero-order valence-electron chi connectivity index (χ0n) is 11.6. The molecule has 0 aliphatic rings.